The monoisotopic (exact) mass is 304 g/mol. The van der Waals surface area contributed by atoms with Crippen LogP contribution in [-0.4, -0.2) is 41.6 Å². The van der Waals surface area contributed by atoms with Crippen LogP contribution < -0.4 is 5.32 Å². The molecule has 0 bridgehead atoms. The van der Waals surface area contributed by atoms with E-state index in [0.29, 0.717) is 0 Å². The lowest BCUT2D eigenvalue weighted by Gasteiger charge is -2.34. The summed E-state index contributed by atoms with van der Waals surface area (Å²) in [7, 11) is 0. The number of hydrogen-bond donors (Lipinski definition) is 1. The van der Waals surface area contributed by atoms with Crippen LogP contribution in [0.4, 0.5) is 0 Å². The molecule has 2 nitrogen and oxygen atoms in total. The average molecular weight is 305 g/mol. The molecule has 1 aliphatic heterocycles. The highest BCUT2D eigenvalue weighted by Gasteiger charge is 2.21. The van der Waals surface area contributed by atoms with Crippen molar-refractivity contribution in [2.45, 2.75) is 30.9 Å². The largest absolute Gasteiger partial charge is 0.311 e. The van der Waals surface area contributed by atoms with Gasteiger partial charge in [0.05, 0.1) is 4.34 Å². The fourth-order valence-corrected chi connectivity index (χ4v) is 4.81. The first kappa shape index (κ1) is 14.7. The van der Waals surface area contributed by atoms with Gasteiger partial charge in [0.2, 0.25) is 0 Å². The lowest BCUT2D eigenvalue weighted by atomic mass is 10.3. The molecule has 1 N–H and O–H groups in total. The van der Waals surface area contributed by atoms with Gasteiger partial charge >= 0.3 is 0 Å². The van der Waals surface area contributed by atoms with E-state index in [1.165, 1.54) is 18.0 Å². The van der Waals surface area contributed by atoms with E-state index in [1.54, 1.807) is 11.3 Å². The normalized spacial score (nSPS) is 25.5. The zero-order valence-corrected chi connectivity index (χ0v) is 13.4. The molecule has 1 aromatic rings. The van der Waals surface area contributed by atoms with Gasteiger partial charge in [-0.15, -0.1) is 11.3 Å². The molecular weight excluding hydrogens is 284 g/mol. The Hall–Kier alpha value is 0.260. The number of nitrogens with one attached hydrogen (secondary N) is 1. The SMILES string of the molecule is CC1CN(CCNCc2ccc(Cl)s2)CC(C)S1. The molecule has 0 aromatic carbocycles. The zero-order valence-electron chi connectivity index (χ0n) is 11.0. The van der Waals surface area contributed by atoms with E-state index < -0.39 is 0 Å². The Kier molecular flexibility index (Phi) is 5.83. The first-order valence-electron chi connectivity index (χ1n) is 6.46. The molecule has 5 heteroatoms. The van der Waals surface area contributed by atoms with Crippen LogP contribution in [0.5, 0.6) is 0 Å². The van der Waals surface area contributed by atoms with Gasteiger partial charge in [-0.1, -0.05) is 25.4 Å². The molecule has 1 aliphatic rings. The van der Waals surface area contributed by atoms with E-state index in [0.717, 1.165) is 34.5 Å². The van der Waals surface area contributed by atoms with Crippen molar-refractivity contribution in [2.24, 2.45) is 0 Å². The minimum atomic E-state index is 0.768. The fourth-order valence-electron chi connectivity index (χ4n) is 2.36. The average Bonchev–Trinajstić information content (AvgIpc) is 2.69. The Bertz CT molecular complexity index is 360. The summed E-state index contributed by atoms with van der Waals surface area (Å²) in [6, 6.07) is 4.07. The van der Waals surface area contributed by atoms with E-state index in [1.807, 2.05) is 6.07 Å². The summed E-state index contributed by atoms with van der Waals surface area (Å²) in [5, 5.41) is 5.03. The third-order valence-corrected chi connectivity index (χ3v) is 5.49. The zero-order chi connectivity index (χ0) is 13.0. The van der Waals surface area contributed by atoms with Crippen molar-refractivity contribution in [3.8, 4) is 0 Å². The summed E-state index contributed by atoms with van der Waals surface area (Å²) < 4.78 is 0.877. The third-order valence-electron chi connectivity index (χ3n) is 3.03. The van der Waals surface area contributed by atoms with E-state index in [9.17, 15) is 0 Å². The minimum absolute atomic E-state index is 0.768. The van der Waals surface area contributed by atoms with Crippen LogP contribution >= 0.6 is 34.7 Å². The van der Waals surface area contributed by atoms with Gasteiger partial charge in [-0.2, -0.15) is 11.8 Å². The molecule has 0 amide bonds. The Morgan fingerprint density at radius 1 is 1.33 bits per heavy atom. The smallest absolute Gasteiger partial charge is 0.0931 e. The predicted octanol–water partition coefficient (Wildman–Crippen LogP) is 3.32. The molecule has 1 fully saturated rings. The molecule has 2 rings (SSSR count). The lowest BCUT2D eigenvalue weighted by Crippen LogP contribution is -2.43. The number of rotatable bonds is 5. The summed E-state index contributed by atoms with van der Waals surface area (Å²) in [4.78, 5) is 3.89. The first-order valence-corrected chi connectivity index (χ1v) is 8.60. The maximum absolute atomic E-state index is 5.91. The van der Waals surface area contributed by atoms with Gasteiger partial charge in [-0.05, 0) is 12.1 Å². The Labute approximate surface area is 123 Å². The van der Waals surface area contributed by atoms with Crippen LogP contribution in [0.2, 0.25) is 4.34 Å². The molecule has 0 saturated carbocycles. The van der Waals surface area contributed by atoms with Crippen LogP contribution in [-0.2, 0) is 6.54 Å². The fraction of sp³-hybridized carbons (Fsp3) is 0.692. The summed E-state index contributed by atoms with van der Waals surface area (Å²) in [5.41, 5.74) is 0. The quantitative estimate of drug-likeness (QED) is 0.840. The van der Waals surface area contributed by atoms with Crippen LogP contribution in [0.15, 0.2) is 12.1 Å². The van der Waals surface area contributed by atoms with Gasteiger partial charge in [0.25, 0.3) is 0 Å². The van der Waals surface area contributed by atoms with Gasteiger partial charge in [0, 0.05) is 48.1 Å². The topological polar surface area (TPSA) is 15.3 Å². The Morgan fingerprint density at radius 2 is 2.06 bits per heavy atom. The second-order valence-corrected chi connectivity index (χ2v) is 8.58. The maximum Gasteiger partial charge on any atom is 0.0931 e. The molecule has 2 atom stereocenters. The van der Waals surface area contributed by atoms with Crippen LogP contribution in [0.1, 0.15) is 18.7 Å². The van der Waals surface area contributed by atoms with E-state index in [-0.39, 0.29) is 0 Å². The molecule has 2 heterocycles. The highest BCUT2D eigenvalue weighted by molar-refractivity contribution is 8.00. The standard InChI is InChI=1S/C13H21ClN2S2/c1-10-8-16(9-11(2)17-10)6-5-15-7-12-3-4-13(14)18-12/h3-4,10-11,15H,5-9H2,1-2H3. The number of hydrogen-bond acceptors (Lipinski definition) is 4. The van der Waals surface area contributed by atoms with Crippen molar-refractivity contribution in [3.05, 3.63) is 21.3 Å². The van der Waals surface area contributed by atoms with Gasteiger partial charge in [0.1, 0.15) is 0 Å². The molecule has 2 unspecified atom stereocenters. The number of nitrogens with zero attached hydrogens (tertiary/aromatic N) is 1. The van der Waals surface area contributed by atoms with Crippen LogP contribution in [0, 0.1) is 0 Å². The minimum Gasteiger partial charge on any atom is -0.311 e. The van der Waals surface area contributed by atoms with Crippen molar-refractivity contribution in [1.29, 1.82) is 0 Å². The molecule has 1 saturated heterocycles. The van der Waals surface area contributed by atoms with Gasteiger partial charge in [-0.3, -0.25) is 4.90 Å². The van der Waals surface area contributed by atoms with Gasteiger partial charge < -0.3 is 5.32 Å². The van der Waals surface area contributed by atoms with Gasteiger partial charge in [-0.25, -0.2) is 0 Å². The lowest BCUT2D eigenvalue weighted by molar-refractivity contribution is 0.270. The second-order valence-electron chi connectivity index (χ2n) is 4.90. The Morgan fingerprint density at radius 3 is 2.67 bits per heavy atom. The highest BCUT2D eigenvalue weighted by Crippen LogP contribution is 2.24. The van der Waals surface area contributed by atoms with Crippen LogP contribution in [0.3, 0.4) is 0 Å². The van der Waals surface area contributed by atoms with Gasteiger partial charge in [0.15, 0.2) is 0 Å². The van der Waals surface area contributed by atoms with Crippen LogP contribution in [0.25, 0.3) is 0 Å². The van der Waals surface area contributed by atoms with E-state index >= 15 is 0 Å². The van der Waals surface area contributed by atoms with Crippen molar-refractivity contribution < 1.29 is 0 Å². The van der Waals surface area contributed by atoms with Crippen molar-refractivity contribution in [1.82, 2.24) is 10.2 Å². The first-order chi connectivity index (χ1) is 8.63. The Balaban J connectivity index is 1.63. The summed E-state index contributed by atoms with van der Waals surface area (Å²) >= 11 is 9.68. The molecule has 0 aliphatic carbocycles. The van der Waals surface area contributed by atoms with E-state index in [2.05, 4.69) is 41.9 Å². The molecule has 102 valence electrons. The molecule has 0 radical (unpaired) electrons. The summed E-state index contributed by atoms with van der Waals surface area (Å²) in [5.74, 6) is 0. The number of halogens is 1. The molecule has 0 spiro atoms. The highest BCUT2D eigenvalue weighted by atomic mass is 35.5. The maximum atomic E-state index is 5.91. The summed E-state index contributed by atoms with van der Waals surface area (Å²) in [6.07, 6.45) is 0. The molecular formula is C13H21ClN2S2. The molecule has 18 heavy (non-hydrogen) atoms. The molecule has 1 aromatic heterocycles. The number of thioether (sulfide) groups is 1. The summed E-state index contributed by atoms with van der Waals surface area (Å²) in [6.45, 7) is 10.2. The van der Waals surface area contributed by atoms with Crippen molar-refractivity contribution in [3.63, 3.8) is 0 Å². The van der Waals surface area contributed by atoms with Crippen molar-refractivity contribution in [2.75, 3.05) is 26.2 Å². The number of thiophene rings is 1. The second kappa shape index (κ2) is 7.15. The predicted molar refractivity (Wildman–Crippen MR) is 84.0 cm³/mol. The van der Waals surface area contributed by atoms with Crippen molar-refractivity contribution >= 4 is 34.7 Å². The van der Waals surface area contributed by atoms with E-state index in [4.69, 9.17) is 11.6 Å². The third kappa shape index (κ3) is 4.74.